The van der Waals surface area contributed by atoms with E-state index in [1.54, 1.807) is 46.0 Å². The van der Waals surface area contributed by atoms with Crippen molar-refractivity contribution in [3.63, 3.8) is 0 Å². The van der Waals surface area contributed by atoms with Gasteiger partial charge in [0.15, 0.2) is 0 Å². The minimum absolute atomic E-state index is 0.254. The maximum absolute atomic E-state index is 12.1. The predicted molar refractivity (Wildman–Crippen MR) is 93.6 cm³/mol. The summed E-state index contributed by atoms with van der Waals surface area (Å²) in [4.78, 5) is 26.3. The molecule has 0 aliphatic carbocycles. The molecule has 1 aromatic heterocycles. The quantitative estimate of drug-likeness (QED) is 0.765. The second-order valence-electron chi connectivity index (χ2n) is 5.98. The highest BCUT2D eigenvalue weighted by atomic mass is 79.9. The summed E-state index contributed by atoms with van der Waals surface area (Å²) >= 11 is 9.48. The molecule has 0 fully saturated rings. The Hall–Kier alpha value is -1.73. The Balaban J connectivity index is 2.24. The Labute approximate surface area is 146 Å². The molecule has 124 valence electrons. The number of benzene rings is 1. The Morgan fingerprint density at radius 1 is 1.39 bits per heavy atom. The van der Waals surface area contributed by atoms with Gasteiger partial charge in [0.05, 0.1) is 10.6 Å². The number of aromatic amines is 1. The van der Waals surface area contributed by atoms with E-state index in [9.17, 15) is 9.59 Å². The van der Waals surface area contributed by atoms with Crippen molar-refractivity contribution in [3.05, 3.63) is 43.9 Å². The van der Waals surface area contributed by atoms with Gasteiger partial charge in [0.25, 0.3) is 0 Å². The lowest BCUT2D eigenvalue weighted by molar-refractivity contribution is 0.00698. The molecule has 2 aromatic rings. The van der Waals surface area contributed by atoms with Crippen LogP contribution in [0.2, 0.25) is 5.02 Å². The second-order valence-corrected chi connectivity index (χ2v) is 7.13. The number of nitrogens with one attached hydrogen (secondary N) is 2. The Bertz CT molecular complexity index is 805. The highest BCUT2D eigenvalue weighted by Crippen LogP contribution is 2.27. The standard InChI is InChI=1S/C15H17BrClN3O3/c1-15(2,3)23-13(21)9-6-5-8(7-10(9)17)18-12-11(16)20(4)14(22)19-12/h5-7,18H,1-4H3,(H,19,22). The highest BCUT2D eigenvalue weighted by Gasteiger charge is 2.20. The summed E-state index contributed by atoms with van der Waals surface area (Å²) in [6, 6.07) is 4.86. The first-order valence-electron chi connectivity index (χ1n) is 6.83. The molecule has 0 saturated heterocycles. The number of ether oxygens (including phenoxy) is 1. The van der Waals surface area contributed by atoms with Crippen LogP contribution in [0, 0.1) is 0 Å². The van der Waals surface area contributed by atoms with Crippen molar-refractivity contribution in [2.45, 2.75) is 26.4 Å². The maximum atomic E-state index is 12.1. The van der Waals surface area contributed by atoms with Crippen LogP contribution in [0.3, 0.4) is 0 Å². The molecular formula is C15H17BrClN3O3. The van der Waals surface area contributed by atoms with Crippen LogP contribution in [-0.4, -0.2) is 21.1 Å². The molecule has 0 spiro atoms. The average molecular weight is 403 g/mol. The number of carbonyl (C=O) groups excluding carboxylic acids is 1. The number of nitrogens with zero attached hydrogens (tertiary/aromatic N) is 1. The Morgan fingerprint density at radius 2 is 2.04 bits per heavy atom. The van der Waals surface area contributed by atoms with Crippen molar-refractivity contribution in [2.75, 3.05) is 5.32 Å². The number of esters is 1. The number of hydrogen-bond acceptors (Lipinski definition) is 4. The van der Waals surface area contributed by atoms with E-state index in [4.69, 9.17) is 16.3 Å². The van der Waals surface area contributed by atoms with Gasteiger partial charge in [-0.15, -0.1) is 0 Å². The minimum atomic E-state index is -0.592. The number of halogens is 2. The summed E-state index contributed by atoms with van der Waals surface area (Å²) in [5.74, 6) is 0.0157. The zero-order valence-electron chi connectivity index (χ0n) is 13.2. The third kappa shape index (κ3) is 4.17. The Morgan fingerprint density at radius 3 is 2.52 bits per heavy atom. The molecule has 0 bridgehead atoms. The predicted octanol–water partition coefficient (Wildman–Crippen LogP) is 3.83. The van der Waals surface area contributed by atoms with Crippen LogP contribution in [0.4, 0.5) is 11.5 Å². The largest absolute Gasteiger partial charge is 0.456 e. The van der Waals surface area contributed by atoms with Gasteiger partial charge in [-0.05, 0) is 54.9 Å². The van der Waals surface area contributed by atoms with E-state index in [1.807, 2.05) is 0 Å². The summed E-state index contributed by atoms with van der Waals surface area (Å²) in [6.07, 6.45) is 0. The van der Waals surface area contributed by atoms with Crippen LogP contribution in [0.15, 0.2) is 27.6 Å². The van der Waals surface area contributed by atoms with Gasteiger partial charge in [-0.25, -0.2) is 9.59 Å². The van der Waals surface area contributed by atoms with Gasteiger partial charge in [-0.3, -0.25) is 9.55 Å². The van der Waals surface area contributed by atoms with Crippen LogP contribution in [0.5, 0.6) is 0 Å². The van der Waals surface area contributed by atoms with Crippen LogP contribution in [0.1, 0.15) is 31.1 Å². The average Bonchev–Trinajstić information content (AvgIpc) is 2.64. The number of H-pyrrole nitrogens is 1. The third-order valence-electron chi connectivity index (χ3n) is 2.89. The topological polar surface area (TPSA) is 76.1 Å². The summed E-state index contributed by atoms with van der Waals surface area (Å²) < 4.78 is 7.29. The molecule has 0 aliphatic heterocycles. The first kappa shape index (κ1) is 17.6. The normalized spacial score (nSPS) is 11.4. The lowest BCUT2D eigenvalue weighted by atomic mass is 10.1. The molecular weight excluding hydrogens is 386 g/mol. The molecule has 0 aliphatic rings. The van der Waals surface area contributed by atoms with Crippen molar-refractivity contribution in [1.29, 1.82) is 0 Å². The van der Waals surface area contributed by atoms with Crippen LogP contribution in [0.25, 0.3) is 0 Å². The van der Waals surface area contributed by atoms with Gasteiger partial charge in [-0.2, -0.15) is 0 Å². The van der Waals surface area contributed by atoms with Crippen molar-refractivity contribution in [3.8, 4) is 0 Å². The third-order valence-corrected chi connectivity index (χ3v) is 4.14. The smallest absolute Gasteiger partial charge is 0.340 e. The van der Waals surface area contributed by atoms with E-state index in [2.05, 4.69) is 26.2 Å². The lowest BCUT2D eigenvalue weighted by Gasteiger charge is -2.20. The minimum Gasteiger partial charge on any atom is -0.456 e. The molecule has 2 rings (SSSR count). The number of hydrogen-bond donors (Lipinski definition) is 2. The number of anilines is 2. The lowest BCUT2D eigenvalue weighted by Crippen LogP contribution is -2.24. The van der Waals surface area contributed by atoms with Crippen LogP contribution < -0.4 is 11.0 Å². The first-order chi connectivity index (χ1) is 10.6. The molecule has 0 radical (unpaired) electrons. The molecule has 1 aromatic carbocycles. The molecule has 2 N–H and O–H groups in total. The van der Waals surface area contributed by atoms with Gasteiger partial charge in [-0.1, -0.05) is 11.6 Å². The van der Waals surface area contributed by atoms with E-state index in [-0.39, 0.29) is 16.3 Å². The fraction of sp³-hybridized carbons (Fsp3) is 0.333. The van der Waals surface area contributed by atoms with Gasteiger partial charge in [0.1, 0.15) is 16.0 Å². The molecule has 6 nitrogen and oxygen atoms in total. The SMILES string of the molecule is Cn1c(Br)c(Nc2ccc(C(=O)OC(C)(C)C)c(Cl)c2)[nH]c1=O. The summed E-state index contributed by atoms with van der Waals surface area (Å²) in [5.41, 5.74) is 0.0691. The van der Waals surface area contributed by atoms with Crippen LogP contribution >= 0.6 is 27.5 Å². The van der Waals surface area contributed by atoms with E-state index in [0.717, 1.165) is 0 Å². The van der Waals surface area contributed by atoms with Crippen molar-refractivity contribution >= 4 is 45.0 Å². The summed E-state index contributed by atoms with van der Waals surface area (Å²) in [5, 5.41) is 3.29. The molecule has 0 saturated carbocycles. The monoisotopic (exact) mass is 401 g/mol. The van der Waals surface area contributed by atoms with Crippen molar-refractivity contribution in [1.82, 2.24) is 9.55 Å². The van der Waals surface area contributed by atoms with Crippen molar-refractivity contribution < 1.29 is 9.53 Å². The molecule has 0 amide bonds. The number of rotatable bonds is 3. The fourth-order valence-electron chi connectivity index (χ4n) is 1.82. The van der Waals surface area contributed by atoms with E-state index in [1.165, 1.54) is 4.57 Å². The first-order valence-corrected chi connectivity index (χ1v) is 8.00. The molecule has 0 unspecified atom stereocenters. The van der Waals surface area contributed by atoms with Gasteiger partial charge >= 0.3 is 11.7 Å². The fourth-order valence-corrected chi connectivity index (χ4v) is 2.43. The van der Waals surface area contributed by atoms with Gasteiger partial charge < -0.3 is 10.1 Å². The number of imidazole rings is 1. The van der Waals surface area contributed by atoms with Gasteiger partial charge in [0.2, 0.25) is 0 Å². The summed E-state index contributed by atoms with van der Waals surface area (Å²) in [7, 11) is 1.63. The van der Waals surface area contributed by atoms with Crippen LogP contribution in [-0.2, 0) is 11.8 Å². The number of aromatic nitrogens is 2. The summed E-state index contributed by atoms with van der Waals surface area (Å²) in [6.45, 7) is 5.37. The maximum Gasteiger partial charge on any atom is 0.340 e. The molecule has 0 atom stereocenters. The second kappa shape index (κ2) is 6.41. The van der Waals surface area contributed by atoms with Crippen molar-refractivity contribution in [2.24, 2.45) is 7.05 Å². The highest BCUT2D eigenvalue weighted by molar-refractivity contribution is 9.10. The Kier molecular flexibility index (Phi) is 4.91. The molecule has 1 heterocycles. The van der Waals surface area contributed by atoms with E-state index < -0.39 is 11.6 Å². The molecule has 8 heteroatoms. The zero-order valence-corrected chi connectivity index (χ0v) is 15.5. The number of carbonyl (C=O) groups is 1. The zero-order chi connectivity index (χ0) is 17.4. The van der Waals surface area contributed by atoms with E-state index >= 15 is 0 Å². The van der Waals surface area contributed by atoms with Gasteiger partial charge in [0, 0.05) is 12.7 Å². The molecule has 23 heavy (non-hydrogen) atoms. The van der Waals surface area contributed by atoms with E-state index in [0.29, 0.717) is 16.1 Å².